The highest BCUT2D eigenvalue weighted by molar-refractivity contribution is 5.87. The number of benzene rings is 3. The van der Waals surface area contributed by atoms with Crippen LogP contribution in [-0.4, -0.2) is 7.05 Å². The highest BCUT2D eigenvalue weighted by atomic mass is 19.1. The van der Waals surface area contributed by atoms with Crippen molar-refractivity contribution in [3.05, 3.63) is 66.5 Å². The molecule has 0 bridgehead atoms. The number of rotatable bonds is 2. The molecule has 0 aliphatic carbocycles. The molecule has 0 aliphatic heterocycles. The van der Waals surface area contributed by atoms with Gasteiger partial charge < -0.3 is 10.6 Å². The molecule has 0 saturated carbocycles. The molecule has 0 atom stereocenters. The number of anilines is 3. The van der Waals surface area contributed by atoms with Gasteiger partial charge >= 0.3 is 0 Å². The molecular formula is C17H15FN2. The predicted octanol–water partition coefficient (Wildman–Crippen LogP) is 4.33. The van der Waals surface area contributed by atoms with Gasteiger partial charge in [0.2, 0.25) is 0 Å². The van der Waals surface area contributed by atoms with E-state index < -0.39 is 0 Å². The first-order valence-electron chi connectivity index (χ1n) is 6.43. The second-order valence-corrected chi connectivity index (χ2v) is 4.77. The minimum absolute atomic E-state index is 0.319. The Morgan fingerprint density at radius 1 is 0.900 bits per heavy atom. The zero-order valence-electron chi connectivity index (χ0n) is 11.2. The Hall–Kier alpha value is -2.55. The molecule has 0 radical (unpaired) electrons. The summed E-state index contributed by atoms with van der Waals surface area (Å²) in [4.78, 5) is 1.77. The fourth-order valence-electron chi connectivity index (χ4n) is 2.40. The molecule has 0 unspecified atom stereocenters. The van der Waals surface area contributed by atoms with Crippen molar-refractivity contribution >= 4 is 27.8 Å². The van der Waals surface area contributed by atoms with Crippen molar-refractivity contribution < 1.29 is 4.39 Å². The third kappa shape index (κ3) is 2.07. The smallest absolute Gasteiger partial charge is 0.148 e. The molecule has 2 N–H and O–H groups in total. The number of nitrogen functional groups attached to an aromatic ring is 1. The lowest BCUT2D eigenvalue weighted by atomic mass is 10.1. The molecule has 0 fully saturated rings. The lowest BCUT2D eigenvalue weighted by Gasteiger charge is -2.22. The highest BCUT2D eigenvalue weighted by Gasteiger charge is 2.12. The number of nitrogens with zero attached hydrogens (tertiary/aromatic N) is 1. The Morgan fingerprint density at radius 3 is 2.40 bits per heavy atom. The van der Waals surface area contributed by atoms with Gasteiger partial charge in [0, 0.05) is 12.7 Å². The van der Waals surface area contributed by atoms with Gasteiger partial charge in [-0.25, -0.2) is 4.39 Å². The monoisotopic (exact) mass is 266 g/mol. The molecule has 3 aromatic carbocycles. The Balaban J connectivity index is 2.10. The molecule has 0 amide bonds. The lowest BCUT2D eigenvalue weighted by Crippen LogP contribution is -2.13. The van der Waals surface area contributed by atoms with Crippen molar-refractivity contribution in [3.63, 3.8) is 0 Å². The third-order valence-electron chi connectivity index (χ3n) is 3.47. The molecule has 2 nitrogen and oxygen atoms in total. The molecule has 100 valence electrons. The molecule has 0 heterocycles. The average Bonchev–Trinajstić information content (AvgIpc) is 2.46. The van der Waals surface area contributed by atoms with Gasteiger partial charge in [0.15, 0.2) is 0 Å². The van der Waals surface area contributed by atoms with Crippen LogP contribution in [0.1, 0.15) is 0 Å². The van der Waals surface area contributed by atoms with E-state index in [1.807, 2.05) is 43.4 Å². The maximum Gasteiger partial charge on any atom is 0.148 e. The number of hydrogen-bond donors (Lipinski definition) is 1. The van der Waals surface area contributed by atoms with Crippen LogP contribution < -0.4 is 10.6 Å². The van der Waals surface area contributed by atoms with E-state index in [0.29, 0.717) is 11.4 Å². The number of hydrogen-bond acceptors (Lipinski definition) is 2. The number of para-hydroxylation sites is 1. The number of nitrogens with two attached hydrogens (primary N) is 1. The van der Waals surface area contributed by atoms with Gasteiger partial charge in [-0.2, -0.15) is 0 Å². The SMILES string of the molecule is CN(c1ccc2ccccc2c1)c1c(N)cccc1F. The Bertz CT molecular complexity index is 748. The summed E-state index contributed by atoms with van der Waals surface area (Å²) in [6.45, 7) is 0. The van der Waals surface area contributed by atoms with Crippen molar-refractivity contribution in [3.8, 4) is 0 Å². The van der Waals surface area contributed by atoms with Gasteiger partial charge in [0.05, 0.1) is 5.69 Å². The van der Waals surface area contributed by atoms with Crippen LogP contribution in [-0.2, 0) is 0 Å². The highest BCUT2D eigenvalue weighted by Crippen LogP contribution is 2.32. The van der Waals surface area contributed by atoms with Crippen molar-refractivity contribution in [2.75, 3.05) is 17.7 Å². The summed E-state index contributed by atoms with van der Waals surface area (Å²) in [5, 5.41) is 2.28. The topological polar surface area (TPSA) is 29.3 Å². The molecule has 20 heavy (non-hydrogen) atoms. The molecule has 0 spiro atoms. The summed E-state index contributed by atoms with van der Waals surface area (Å²) >= 11 is 0. The van der Waals surface area contributed by atoms with E-state index in [4.69, 9.17) is 5.73 Å². The molecule has 0 saturated heterocycles. The first-order chi connectivity index (χ1) is 9.66. The van der Waals surface area contributed by atoms with Gasteiger partial charge in [-0.1, -0.05) is 36.4 Å². The van der Waals surface area contributed by atoms with Crippen LogP contribution >= 0.6 is 0 Å². The van der Waals surface area contributed by atoms with Gasteiger partial charge in [-0.3, -0.25) is 0 Å². The van der Waals surface area contributed by atoms with Crippen LogP contribution in [0.4, 0.5) is 21.5 Å². The summed E-state index contributed by atoms with van der Waals surface area (Å²) in [6, 6.07) is 18.8. The van der Waals surface area contributed by atoms with Crippen LogP contribution in [0, 0.1) is 5.82 Å². The summed E-state index contributed by atoms with van der Waals surface area (Å²) < 4.78 is 14.0. The summed E-state index contributed by atoms with van der Waals surface area (Å²) in [6.07, 6.45) is 0. The Morgan fingerprint density at radius 2 is 1.65 bits per heavy atom. The minimum atomic E-state index is -0.319. The van der Waals surface area contributed by atoms with E-state index in [2.05, 4.69) is 6.07 Å². The maximum atomic E-state index is 14.0. The molecular weight excluding hydrogens is 251 g/mol. The molecule has 3 rings (SSSR count). The van der Waals surface area contributed by atoms with E-state index in [0.717, 1.165) is 16.5 Å². The number of fused-ring (bicyclic) bond motifs is 1. The first kappa shape index (κ1) is 12.5. The molecule has 0 aliphatic rings. The summed E-state index contributed by atoms with van der Waals surface area (Å²) in [5.74, 6) is -0.319. The van der Waals surface area contributed by atoms with Crippen LogP contribution in [0.3, 0.4) is 0 Å². The van der Waals surface area contributed by atoms with Crippen molar-refractivity contribution in [2.24, 2.45) is 0 Å². The first-order valence-corrected chi connectivity index (χ1v) is 6.43. The second kappa shape index (κ2) is 4.85. The zero-order valence-corrected chi connectivity index (χ0v) is 11.2. The average molecular weight is 266 g/mol. The molecule has 0 aromatic heterocycles. The van der Waals surface area contributed by atoms with Gasteiger partial charge in [-0.05, 0) is 35.0 Å². The van der Waals surface area contributed by atoms with Crippen molar-refractivity contribution in [1.82, 2.24) is 0 Å². The van der Waals surface area contributed by atoms with Crippen LogP contribution in [0.2, 0.25) is 0 Å². The van der Waals surface area contributed by atoms with E-state index in [1.165, 1.54) is 6.07 Å². The quantitative estimate of drug-likeness (QED) is 0.699. The van der Waals surface area contributed by atoms with Gasteiger partial charge in [0.1, 0.15) is 11.5 Å². The van der Waals surface area contributed by atoms with E-state index in [1.54, 1.807) is 17.0 Å². The van der Waals surface area contributed by atoms with Crippen LogP contribution in [0.25, 0.3) is 10.8 Å². The summed E-state index contributed by atoms with van der Waals surface area (Å²) in [7, 11) is 1.82. The largest absolute Gasteiger partial charge is 0.397 e. The maximum absolute atomic E-state index is 14.0. The van der Waals surface area contributed by atoms with E-state index in [9.17, 15) is 4.39 Å². The zero-order chi connectivity index (χ0) is 14.1. The Labute approximate surface area is 117 Å². The Kier molecular flexibility index (Phi) is 3.03. The fraction of sp³-hybridized carbons (Fsp3) is 0.0588. The van der Waals surface area contributed by atoms with Gasteiger partial charge in [-0.15, -0.1) is 0 Å². The van der Waals surface area contributed by atoms with Crippen LogP contribution in [0.5, 0.6) is 0 Å². The van der Waals surface area contributed by atoms with Crippen molar-refractivity contribution in [2.45, 2.75) is 0 Å². The minimum Gasteiger partial charge on any atom is -0.397 e. The van der Waals surface area contributed by atoms with Crippen LogP contribution in [0.15, 0.2) is 60.7 Å². The summed E-state index contributed by atoms with van der Waals surface area (Å²) in [5.41, 5.74) is 7.63. The number of halogens is 1. The van der Waals surface area contributed by atoms with E-state index >= 15 is 0 Å². The molecule has 3 aromatic rings. The lowest BCUT2D eigenvalue weighted by molar-refractivity contribution is 0.628. The second-order valence-electron chi connectivity index (χ2n) is 4.77. The van der Waals surface area contributed by atoms with Crippen molar-refractivity contribution in [1.29, 1.82) is 0 Å². The van der Waals surface area contributed by atoms with Gasteiger partial charge in [0.25, 0.3) is 0 Å². The van der Waals surface area contributed by atoms with E-state index in [-0.39, 0.29) is 5.82 Å². The standard InChI is InChI=1S/C17H15FN2/c1-20(17-15(18)7-4-8-16(17)19)14-10-9-12-5-2-3-6-13(12)11-14/h2-11H,19H2,1H3. The normalized spacial score (nSPS) is 10.7. The molecule has 3 heteroatoms. The predicted molar refractivity (Wildman–Crippen MR) is 82.8 cm³/mol. The third-order valence-corrected chi connectivity index (χ3v) is 3.47. The fourth-order valence-corrected chi connectivity index (χ4v) is 2.40.